The van der Waals surface area contributed by atoms with Crippen molar-refractivity contribution in [3.8, 4) is 5.75 Å². The third-order valence-electron chi connectivity index (χ3n) is 2.57. The number of aryl methyl sites for hydroxylation is 2. The van der Waals surface area contributed by atoms with Crippen molar-refractivity contribution in [2.75, 3.05) is 12.4 Å². The second-order valence-corrected chi connectivity index (χ2v) is 4.15. The van der Waals surface area contributed by atoms with Gasteiger partial charge in [0.1, 0.15) is 17.4 Å². The Morgan fingerprint density at radius 1 is 1.17 bits per heavy atom. The molecule has 0 saturated carbocycles. The molecule has 0 radical (unpaired) electrons. The monoisotopic (exact) mass is 243 g/mol. The summed E-state index contributed by atoms with van der Waals surface area (Å²) in [5, 5.41) is 3.29. The number of benzene rings is 1. The molecule has 0 saturated heterocycles. The first kappa shape index (κ1) is 12.4. The Kier molecular flexibility index (Phi) is 3.77. The molecule has 0 spiro atoms. The normalized spacial score (nSPS) is 10.2. The Morgan fingerprint density at radius 2 is 2.00 bits per heavy atom. The maximum atomic E-state index is 5.19. The average Bonchev–Trinajstić information content (AvgIpc) is 2.35. The van der Waals surface area contributed by atoms with Crippen LogP contribution in [0.5, 0.6) is 5.75 Å². The Bertz CT molecular complexity index is 520. The van der Waals surface area contributed by atoms with E-state index in [0.717, 1.165) is 28.6 Å². The summed E-state index contributed by atoms with van der Waals surface area (Å²) >= 11 is 0. The molecular formula is C14H17N3O. The maximum Gasteiger partial charge on any atom is 0.130 e. The zero-order chi connectivity index (χ0) is 13.0. The van der Waals surface area contributed by atoms with E-state index in [4.69, 9.17) is 4.74 Å². The fourth-order valence-corrected chi connectivity index (χ4v) is 1.78. The standard InChI is InChI=1S/C14H17N3O/c1-10-7-14(17-11(2)16-10)15-9-12-5-4-6-13(8-12)18-3/h4-8H,9H2,1-3H3,(H,15,16,17). The number of anilines is 1. The molecule has 4 nitrogen and oxygen atoms in total. The summed E-state index contributed by atoms with van der Waals surface area (Å²) < 4.78 is 5.19. The molecule has 0 amide bonds. The van der Waals surface area contributed by atoms with E-state index in [1.54, 1.807) is 7.11 Å². The number of hydrogen-bond acceptors (Lipinski definition) is 4. The minimum absolute atomic E-state index is 0.715. The van der Waals surface area contributed by atoms with Crippen LogP contribution in [0.25, 0.3) is 0 Å². The molecule has 0 aliphatic heterocycles. The lowest BCUT2D eigenvalue weighted by Gasteiger charge is -2.08. The smallest absolute Gasteiger partial charge is 0.130 e. The van der Waals surface area contributed by atoms with E-state index in [9.17, 15) is 0 Å². The van der Waals surface area contributed by atoms with Gasteiger partial charge in [-0.3, -0.25) is 0 Å². The van der Waals surface area contributed by atoms with E-state index >= 15 is 0 Å². The third kappa shape index (κ3) is 3.20. The number of aromatic nitrogens is 2. The van der Waals surface area contributed by atoms with Crippen LogP contribution in [0.4, 0.5) is 5.82 Å². The lowest BCUT2D eigenvalue weighted by atomic mass is 10.2. The van der Waals surface area contributed by atoms with Crippen LogP contribution in [0.15, 0.2) is 30.3 Å². The van der Waals surface area contributed by atoms with Gasteiger partial charge >= 0.3 is 0 Å². The quantitative estimate of drug-likeness (QED) is 0.897. The SMILES string of the molecule is COc1cccc(CNc2cc(C)nc(C)n2)c1. The molecule has 0 unspecified atom stereocenters. The minimum Gasteiger partial charge on any atom is -0.497 e. The van der Waals surface area contributed by atoms with Gasteiger partial charge in [-0.05, 0) is 31.5 Å². The van der Waals surface area contributed by atoms with Crippen molar-refractivity contribution in [2.24, 2.45) is 0 Å². The van der Waals surface area contributed by atoms with Gasteiger partial charge < -0.3 is 10.1 Å². The molecule has 94 valence electrons. The number of hydrogen-bond donors (Lipinski definition) is 1. The van der Waals surface area contributed by atoms with Crippen LogP contribution in [0.3, 0.4) is 0 Å². The zero-order valence-corrected chi connectivity index (χ0v) is 10.9. The van der Waals surface area contributed by atoms with Gasteiger partial charge in [0.15, 0.2) is 0 Å². The van der Waals surface area contributed by atoms with E-state index in [1.807, 2.05) is 38.1 Å². The van der Waals surface area contributed by atoms with Gasteiger partial charge in [0.25, 0.3) is 0 Å². The van der Waals surface area contributed by atoms with Crippen LogP contribution in [0.1, 0.15) is 17.1 Å². The predicted molar refractivity (Wildman–Crippen MR) is 71.8 cm³/mol. The summed E-state index contributed by atoms with van der Waals surface area (Å²) in [4.78, 5) is 8.58. The van der Waals surface area contributed by atoms with Gasteiger partial charge in [0, 0.05) is 18.3 Å². The molecule has 18 heavy (non-hydrogen) atoms. The van der Waals surface area contributed by atoms with Gasteiger partial charge in [-0.15, -0.1) is 0 Å². The summed E-state index contributed by atoms with van der Waals surface area (Å²) in [5.74, 6) is 2.50. The van der Waals surface area contributed by atoms with Crippen LogP contribution in [-0.4, -0.2) is 17.1 Å². The van der Waals surface area contributed by atoms with E-state index < -0.39 is 0 Å². The minimum atomic E-state index is 0.715. The lowest BCUT2D eigenvalue weighted by Crippen LogP contribution is -2.04. The van der Waals surface area contributed by atoms with Gasteiger partial charge in [-0.25, -0.2) is 9.97 Å². The Hall–Kier alpha value is -2.10. The van der Waals surface area contributed by atoms with Crippen LogP contribution in [-0.2, 0) is 6.54 Å². The Morgan fingerprint density at radius 3 is 2.72 bits per heavy atom. The van der Waals surface area contributed by atoms with Crippen molar-refractivity contribution < 1.29 is 4.74 Å². The average molecular weight is 243 g/mol. The topological polar surface area (TPSA) is 47.0 Å². The molecule has 1 aromatic heterocycles. The van der Waals surface area contributed by atoms with Crippen molar-refractivity contribution in [3.63, 3.8) is 0 Å². The van der Waals surface area contributed by atoms with E-state index in [-0.39, 0.29) is 0 Å². The van der Waals surface area contributed by atoms with Crippen LogP contribution in [0, 0.1) is 13.8 Å². The first-order valence-electron chi connectivity index (χ1n) is 5.86. The number of methoxy groups -OCH3 is 1. The van der Waals surface area contributed by atoms with Gasteiger partial charge in [-0.2, -0.15) is 0 Å². The highest BCUT2D eigenvalue weighted by molar-refractivity contribution is 5.38. The molecule has 1 aromatic carbocycles. The van der Waals surface area contributed by atoms with Crippen molar-refractivity contribution in [1.29, 1.82) is 0 Å². The number of rotatable bonds is 4. The third-order valence-corrected chi connectivity index (χ3v) is 2.57. The van der Waals surface area contributed by atoms with Crippen molar-refractivity contribution >= 4 is 5.82 Å². The first-order valence-corrected chi connectivity index (χ1v) is 5.86. The van der Waals surface area contributed by atoms with E-state index in [2.05, 4.69) is 21.4 Å². The first-order chi connectivity index (χ1) is 8.67. The molecule has 4 heteroatoms. The van der Waals surface area contributed by atoms with Crippen LogP contribution < -0.4 is 10.1 Å². The zero-order valence-electron chi connectivity index (χ0n) is 10.9. The molecule has 0 bridgehead atoms. The molecule has 2 rings (SSSR count). The summed E-state index contributed by atoms with van der Waals surface area (Å²) in [6, 6.07) is 9.91. The largest absolute Gasteiger partial charge is 0.497 e. The van der Waals surface area contributed by atoms with Gasteiger partial charge in [-0.1, -0.05) is 12.1 Å². The summed E-state index contributed by atoms with van der Waals surface area (Å²) in [5.41, 5.74) is 2.12. The summed E-state index contributed by atoms with van der Waals surface area (Å²) in [7, 11) is 1.67. The summed E-state index contributed by atoms with van der Waals surface area (Å²) in [6.07, 6.45) is 0. The van der Waals surface area contributed by atoms with Crippen LogP contribution >= 0.6 is 0 Å². The predicted octanol–water partition coefficient (Wildman–Crippen LogP) is 2.71. The fraction of sp³-hybridized carbons (Fsp3) is 0.286. The summed E-state index contributed by atoms with van der Waals surface area (Å²) in [6.45, 7) is 4.57. The molecule has 0 aliphatic rings. The molecule has 1 heterocycles. The number of nitrogens with one attached hydrogen (secondary N) is 1. The highest BCUT2D eigenvalue weighted by Crippen LogP contribution is 2.14. The maximum absolute atomic E-state index is 5.19. The second kappa shape index (κ2) is 5.49. The fourth-order valence-electron chi connectivity index (χ4n) is 1.78. The van der Waals surface area contributed by atoms with Gasteiger partial charge in [0.2, 0.25) is 0 Å². The molecule has 2 aromatic rings. The Balaban J connectivity index is 2.06. The molecular weight excluding hydrogens is 226 g/mol. The van der Waals surface area contributed by atoms with Crippen LogP contribution in [0.2, 0.25) is 0 Å². The Labute approximate surface area is 107 Å². The number of ether oxygens (including phenoxy) is 1. The molecule has 0 fully saturated rings. The second-order valence-electron chi connectivity index (χ2n) is 4.15. The number of nitrogens with zero attached hydrogens (tertiary/aromatic N) is 2. The molecule has 1 N–H and O–H groups in total. The van der Waals surface area contributed by atoms with Crippen molar-refractivity contribution in [1.82, 2.24) is 9.97 Å². The highest BCUT2D eigenvalue weighted by Gasteiger charge is 2.00. The van der Waals surface area contributed by atoms with E-state index in [1.165, 1.54) is 0 Å². The van der Waals surface area contributed by atoms with E-state index in [0.29, 0.717) is 6.54 Å². The lowest BCUT2D eigenvalue weighted by molar-refractivity contribution is 0.414. The molecule has 0 atom stereocenters. The van der Waals surface area contributed by atoms with Crippen molar-refractivity contribution in [3.05, 3.63) is 47.4 Å². The highest BCUT2D eigenvalue weighted by atomic mass is 16.5. The van der Waals surface area contributed by atoms with Crippen molar-refractivity contribution in [2.45, 2.75) is 20.4 Å². The molecule has 0 aliphatic carbocycles. The van der Waals surface area contributed by atoms with Gasteiger partial charge in [0.05, 0.1) is 7.11 Å².